The van der Waals surface area contributed by atoms with Crippen LogP contribution in [0.4, 0.5) is 4.39 Å². The van der Waals surface area contributed by atoms with Gasteiger partial charge in [-0.15, -0.1) is 11.8 Å². The molecule has 1 aromatic rings. The van der Waals surface area contributed by atoms with Gasteiger partial charge in [0.2, 0.25) is 0 Å². The van der Waals surface area contributed by atoms with Gasteiger partial charge in [-0.3, -0.25) is 0 Å². The summed E-state index contributed by atoms with van der Waals surface area (Å²) in [5.74, 6) is 0.960. The highest BCUT2D eigenvalue weighted by atomic mass is 32.2. The fraction of sp³-hybridized carbons (Fsp3) is 0.647. The number of benzene rings is 1. The molecular weight excluding hydrogens is 285 g/mol. The van der Waals surface area contributed by atoms with Crippen LogP contribution in [0.25, 0.3) is 0 Å². The molecule has 1 aliphatic heterocycles. The highest BCUT2D eigenvalue weighted by molar-refractivity contribution is 7.99. The topological polar surface area (TPSA) is 21.3 Å². The van der Waals surface area contributed by atoms with Crippen molar-refractivity contribution in [2.75, 3.05) is 12.4 Å². The molecule has 1 N–H and O–H groups in total. The molecule has 0 spiro atoms. The van der Waals surface area contributed by atoms with Gasteiger partial charge in [0.05, 0.1) is 6.10 Å². The minimum Gasteiger partial charge on any atom is -0.378 e. The Morgan fingerprint density at radius 3 is 2.95 bits per heavy atom. The van der Waals surface area contributed by atoms with Crippen LogP contribution in [0.5, 0.6) is 0 Å². The van der Waals surface area contributed by atoms with E-state index in [1.807, 2.05) is 24.8 Å². The van der Waals surface area contributed by atoms with Crippen LogP contribution in [0.3, 0.4) is 0 Å². The second-order valence-corrected chi connectivity index (χ2v) is 7.73. The fourth-order valence-corrected chi connectivity index (χ4v) is 4.54. The molecule has 1 saturated carbocycles. The monoisotopic (exact) mass is 309 g/mol. The van der Waals surface area contributed by atoms with Crippen molar-refractivity contribution >= 4 is 11.8 Å². The Morgan fingerprint density at radius 2 is 2.24 bits per heavy atom. The van der Waals surface area contributed by atoms with Crippen LogP contribution in [0.1, 0.15) is 45.2 Å². The van der Waals surface area contributed by atoms with Crippen molar-refractivity contribution in [3.05, 3.63) is 29.6 Å². The number of thioether (sulfide) groups is 1. The van der Waals surface area contributed by atoms with Gasteiger partial charge in [-0.1, -0.05) is 13.8 Å². The number of fused-ring (bicyclic) bond motifs is 1. The number of nitrogens with one attached hydrogen (secondary N) is 1. The molecular formula is C17H24FNOS. The van der Waals surface area contributed by atoms with Crippen molar-refractivity contribution in [1.29, 1.82) is 0 Å². The molecule has 4 heteroatoms. The number of hydrogen-bond acceptors (Lipinski definition) is 3. The Kier molecular flexibility index (Phi) is 4.30. The fourth-order valence-electron chi connectivity index (χ4n) is 3.43. The second-order valence-electron chi connectivity index (χ2n) is 6.59. The van der Waals surface area contributed by atoms with Crippen LogP contribution < -0.4 is 5.32 Å². The highest BCUT2D eigenvalue weighted by Crippen LogP contribution is 2.45. The summed E-state index contributed by atoms with van der Waals surface area (Å²) >= 11 is 1.83. The number of hydrogen-bond donors (Lipinski definition) is 1. The molecule has 0 amide bonds. The highest BCUT2D eigenvalue weighted by Gasteiger charge is 2.49. The maximum absolute atomic E-state index is 13.6. The van der Waals surface area contributed by atoms with E-state index in [-0.39, 0.29) is 17.3 Å². The van der Waals surface area contributed by atoms with E-state index >= 15 is 0 Å². The molecule has 3 rings (SSSR count). The van der Waals surface area contributed by atoms with E-state index in [4.69, 9.17) is 4.74 Å². The molecule has 21 heavy (non-hydrogen) atoms. The van der Waals surface area contributed by atoms with Crippen LogP contribution >= 0.6 is 11.8 Å². The van der Waals surface area contributed by atoms with Crippen molar-refractivity contribution in [2.45, 2.75) is 56.7 Å². The van der Waals surface area contributed by atoms with Gasteiger partial charge in [0.25, 0.3) is 0 Å². The Hall–Kier alpha value is -0.580. The molecule has 116 valence electrons. The van der Waals surface area contributed by atoms with Crippen LogP contribution in [-0.4, -0.2) is 24.5 Å². The van der Waals surface area contributed by atoms with Gasteiger partial charge < -0.3 is 10.1 Å². The standard InChI is InChI=1S/C17H24FNOS/c1-4-20-16-10-15(17(16,2)3)19-13-7-8-21-14-6-5-11(18)9-12(13)14/h5-6,9,13,15-16,19H,4,7-8,10H2,1-3H3. The molecule has 1 aliphatic carbocycles. The summed E-state index contributed by atoms with van der Waals surface area (Å²) in [6.45, 7) is 7.35. The van der Waals surface area contributed by atoms with Crippen LogP contribution in [0.15, 0.2) is 23.1 Å². The zero-order valence-corrected chi connectivity index (χ0v) is 13.8. The molecule has 1 fully saturated rings. The van der Waals surface area contributed by atoms with Crippen LogP contribution in [0, 0.1) is 11.2 Å². The zero-order chi connectivity index (χ0) is 15.0. The summed E-state index contributed by atoms with van der Waals surface area (Å²) in [6.07, 6.45) is 2.45. The normalized spacial score (nSPS) is 30.6. The van der Waals surface area contributed by atoms with Gasteiger partial charge in [0, 0.05) is 29.0 Å². The molecule has 0 aromatic heterocycles. The number of halogens is 1. The first-order valence-electron chi connectivity index (χ1n) is 7.82. The van der Waals surface area contributed by atoms with Gasteiger partial charge >= 0.3 is 0 Å². The quantitative estimate of drug-likeness (QED) is 0.902. The molecule has 1 heterocycles. The first-order valence-corrected chi connectivity index (χ1v) is 8.81. The molecule has 3 atom stereocenters. The third-order valence-electron chi connectivity index (χ3n) is 4.96. The van der Waals surface area contributed by atoms with Gasteiger partial charge in [-0.2, -0.15) is 0 Å². The minimum absolute atomic E-state index is 0.136. The molecule has 2 nitrogen and oxygen atoms in total. The predicted molar refractivity (Wildman–Crippen MR) is 85.2 cm³/mol. The Balaban J connectivity index is 1.72. The Morgan fingerprint density at radius 1 is 1.43 bits per heavy atom. The maximum atomic E-state index is 13.6. The lowest BCUT2D eigenvalue weighted by molar-refractivity contribution is -0.116. The predicted octanol–water partition coefficient (Wildman–Crippen LogP) is 4.16. The SMILES string of the molecule is CCOC1CC(NC2CCSc3ccc(F)cc32)C1(C)C. The lowest BCUT2D eigenvalue weighted by atomic mass is 9.64. The number of rotatable bonds is 4. The van der Waals surface area contributed by atoms with Gasteiger partial charge in [0.15, 0.2) is 0 Å². The van der Waals surface area contributed by atoms with Gasteiger partial charge in [0.1, 0.15) is 5.82 Å². The molecule has 0 radical (unpaired) electrons. The molecule has 2 aliphatic rings. The summed E-state index contributed by atoms with van der Waals surface area (Å²) in [6, 6.07) is 5.89. The average Bonchev–Trinajstić information content (AvgIpc) is 2.46. The molecule has 3 unspecified atom stereocenters. The number of ether oxygens (including phenoxy) is 1. The smallest absolute Gasteiger partial charge is 0.123 e. The van der Waals surface area contributed by atoms with Gasteiger partial charge in [-0.25, -0.2) is 4.39 Å². The summed E-state index contributed by atoms with van der Waals surface area (Å²) in [5, 5.41) is 3.76. The van der Waals surface area contributed by atoms with E-state index in [1.165, 1.54) is 4.90 Å². The lowest BCUT2D eigenvalue weighted by Crippen LogP contribution is -2.61. The summed E-state index contributed by atoms with van der Waals surface area (Å²) in [5.41, 5.74) is 1.27. The first-order chi connectivity index (χ1) is 10.0. The third kappa shape index (κ3) is 2.86. The molecule has 0 saturated heterocycles. The van der Waals surface area contributed by atoms with Crippen molar-refractivity contribution in [3.63, 3.8) is 0 Å². The molecule has 0 bridgehead atoms. The van der Waals surface area contributed by atoms with E-state index in [2.05, 4.69) is 19.2 Å². The van der Waals surface area contributed by atoms with Crippen LogP contribution in [-0.2, 0) is 4.74 Å². The Labute approximate surface area is 130 Å². The maximum Gasteiger partial charge on any atom is 0.123 e. The Bertz CT molecular complexity index is 520. The van der Waals surface area contributed by atoms with Crippen molar-refractivity contribution < 1.29 is 9.13 Å². The van der Waals surface area contributed by atoms with Crippen molar-refractivity contribution in [1.82, 2.24) is 5.32 Å². The molecule has 1 aromatic carbocycles. The summed E-state index contributed by atoms with van der Waals surface area (Å²) in [7, 11) is 0. The van der Waals surface area contributed by atoms with Crippen molar-refractivity contribution in [3.8, 4) is 0 Å². The average molecular weight is 309 g/mol. The first kappa shape index (κ1) is 15.3. The summed E-state index contributed by atoms with van der Waals surface area (Å²) in [4.78, 5) is 1.22. The van der Waals surface area contributed by atoms with Crippen molar-refractivity contribution in [2.24, 2.45) is 5.41 Å². The second kappa shape index (κ2) is 5.90. The summed E-state index contributed by atoms with van der Waals surface area (Å²) < 4.78 is 19.4. The minimum atomic E-state index is -0.136. The van der Waals surface area contributed by atoms with E-state index < -0.39 is 0 Å². The van der Waals surface area contributed by atoms with E-state index in [1.54, 1.807) is 12.1 Å². The van der Waals surface area contributed by atoms with E-state index in [9.17, 15) is 4.39 Å². The zero-order valence-electron chi connectivity index (χ0n) is 13.0. The van der Waals surface area contributed by atoms with Crippen LogP contribution in [0.2, 0.25) is 0 Å². The van der Waals surface area contributed by atoms with E-state index in [0.717, 1.165) is 30.8 Å². The largest absolute Gasteiger partial charge is 0.378 e. The lowest BCUT2D eigenvalue weighted by Gasteiger charge is -2.53. The third-order valence-corrected chi connectivity index (χ3v) is 6.08. The van der Waals surface area contributed by atoms with E-state index in [0.29, 0.717) is 12.1 Å². The van der Waals surface area contributed by atoms with Gasteiger partial charge in [-0.05, 0) is 49.3 Å².